The van der Waals surface area contributed by atoms with Gasteiger partial charge in [-0.3, -0.25) is 19.4 Å². The number of benzene rings is 1. The van der Waals surface area contributed by atoms with E-state index in [0.29, 0.717) is 5.56 Å². The Morgan fingerprint density at radius 2 is 1.88 bits per heavy atom. The summed E-state index contributed by atoms with van der Waals surface area (Å²) < 4.78 is 24.1. The molecule has 1 saturated carbocycles. The van der Waals surface area contributed by atoms with E-state index in [9.17, 15) is 18.0 Å². The fourth-order valence-electron chi connectivity index (χ4n) is 3.75. The van der Waals surface area contributed by atoms with Gasteiger partial charge in [0.05, 0.1) is 17.6 Å². The van der Waals surface area contributed by atoms with E-state index in [0.717, 1.165) is 60.0 Å². The molecule has 3 aromatic rings. The summed E-state index contributed by atoms with van der Waals surface area (Å²) in [7, 11) is -2.44. The molecule has 176 valence electrons. The van der Waals surface area contributed by atoms with E-state index in [1.165, 1.54) is 13.2 Å². The number of H-pyrrole nitrogens is 1. The average molecular weight is 473 g/mol. The predicted octanol–water partition coefficient (Wildman–Crippen LogP) is 2.78. The number of aldehydes is 1. The number of rotatable bonds is 5. The molecule has 11 heteroatoms. The van der Waals surface area contributed by atoms with Gasteiger partial charge in [0.15, 0.2) is 5.03 Å². The van der Waals surface area contributed by atoms with Crippen LogP contribution in [0.2, 0.25) is 0 Å². The Balaban J connectivity index is 0.000000194. The van der Waals surface area contributed by atoms with Gasteiger partial charge in [-0.05, 0) is 25.8 Å². The zero-order valence-corrected chi connectivity index (χ0v) is 19.4. The van der Waals surface area contributed by atoms with Gasteiger partial charge in [0.1, 0.15) is 6.29 Å². The number of hydrogen-bond acceptors (Lipinski definition) is 6. The highest BCUT2D eigenvalue weighted by Gasteiger charge is 2.25. The molecule has 1 aliphatic rings. The fraction of sp³-hybridized carbons (Fsp3) is 0.364. The minimum atomic E-state index is -3.91. The van der Waals surface area contributed by atoms with E-state index in [-0.39, 0.29) is 22.5 Å². The van der Waals surface area contributed by atoms with Crippen LogP contribution >= 0.6 is 0 Å². The molecule has 1 aliphatic carbocycles. The Kier molecular flexibility index (Phi) is 7.77. The first-order valence-electron chi connectivity index (χ1n) is 10.6. The van der Waals surface area contributed by atoms with Crippen molar-refractivity contribution in [2.75, 3.05) is 5.32 Å². The Bertz CT molecular complexity index is 1210. The topological polar surface area (TPSA) is 153 Å². The second-order valence-corrected chi connectivity index (χ2v) is 9.51. The number of aryl methyl sites for hydroxylation is 2. The molecule has 1 amide bonds. The van der Waals surface area contributed by atoms with Crippen LogP contribution in [-0.4, -0.2) is 40.6 Å². The molecule has 0 spiro atoms. The third-order valence-corrected chi connectivity index (χ3v) is 6.46. The van der Waals surface area contributed by atoms with E-state index in [1.54, 1.807) is 12.1 Å². The lowest BCUT2D eigenvalue weighted by molar-refractivity contribution is -0.120. The van der Waals surface area contributed by atoms with Crippen molar-refractivity contribution in [1.82, 2.24) is 20.0 Å². The smallest absolute Gasteiger partial charge is 0.257 e. The van der Waals surface area contributed by atoms with Crippen molar-refractivity contribution >= 4 is 27.9 Å². The van der Waals surface area contributed by atoms with Crippen LogP contribution in [0.3, 0.4) is 0 Å². The van der Waals surface area contributed by atoms with Crippen molar-refractivity contribution in [1.29, 1.82) is 0 Å². The molecule has 0 aliphatic heterocycles. The van der Waals surface area contributed by atoms with Gasteiger partial charge in [0.2, 0.25) is 5.91 Å². The van der Waals surface area contributed by atoms with Crippen LogP contribution in [0.4, 0.5) is 5.69 Å². The van der Waals surface area contributed by atoms with Gasteiger partial charge < -0.3 is 5.32 Å². The Morgan fingerprint density at radius 1 is 1.21 bits per heavy atom. The normalized spacial score (nSPS) is 14.3. The Hall–Kier alpha value is -3.31. The van der Waals surface area contributed by atoms with Gasteiger partial charge in [0.25, 0.3) is 10.0 Å². The first-order valence-corrected chi connectivity index (χ1v) is 12.2. The lowest BCUT2D eigenvalue weighted by Crippen LogP contribution is -2.26. The molecule has 0 unspecified atom stereocenters. The number of aromatic nitrogens is 4. The predicted molar refractivity (Wildman–Crippen MR) is 124 cm³/mol. The summed E-state index contributed by atoms with van der Waals surface area (Å²) >= 11 is 0. The number of amides is 1. The molecule has 4 N–H and O–H groups in total. The number of carbonyl (C=O) groups is 2. The first-order chi connectivity index (χ1) is 15.7. The molecule has 1 aromatic carbocycles. The van der Waals surface area contributed by atoms with Crippen LogP contribution in [0.1, 0.15) is 48.2 Å². The lowest BCUT2D eigenvalue weighted by Gasteiger charge is -2.20. The molecular formula is C22H28N6O4S. The summed E-state index contributed by atoms with van der Waals surface area (Å²) in [6.45, 7) is 1.95. The van der Waals surface area contributed by atoms with Crippen LogP contribution < -0.4 is 10.5 Å². The number of nitrogens with one attached hydrogen (secondary N) is 2. The zero-order valence-electron chi connectivity index (χ0n) is 18.6. The number of anilines is 1. The van der Waals surface area contributed by atoms with Crippen molar-refractivity contribution in [2.24, 2.45) is 18.1 Å². The van der Waals surface area contributed by atoms with Crippen LogP contribution in [0.25, 0.3) is 11.3 Å². The highest BCUT2D eigenvalue weighted by atomic mass is 32.2. The van der Waals surface area contributed by atoms with Crippen LogP contribution in [0, 0.1) is 12.8 Å². The van der Waals surface area contributed by atoms with E-state index >= 15 is 0 Å². The van der Waals surface area contributed by atoms with Gasteiger partial charge >= 0.3 is 0 Å². The summed E-state index contributed by atoms with van der Waals surface area (Å²) in [6.07, 6.45) is 7.05. The van der Waals surface area contributed by atoms with Gasteiger partial charge in [-0.15, -0.1) is 0 Å². The van der Waals surface area contributed by atoms with E-state index < -0.39 is 10.0 Å². The van der Waals surface area contributed by atoms with Crippen molar-refractivity contribution in [3.63, 3.8) is 0 Å². The van der Waals surface area contributed by atoms with Crippen LogP contribution in [-0.2, 0) is 21.9 Å². The summed E-state index contributed by atoms with van der Waals surface area (Å²) in [5, 5.41) is 18.4. The number of hydrogen-bond donors (Lipinski definition) is 3. The van der Waals surface area contributed by atoms with Crippen molar-refractivity contribution < 1.29 is 18.0 Å². The molecule has 0 bridgehead atoms. The fourth-order valence-corrected chi connectivity index (χ4v) is 4.57. The number of primary sulfonamides is 1. The van der Waals surface area contributed by atoms with Crippen molar-refractivity contribution in [3.8, 4) is 11.3 Å². The second-order valence-electron chi connectivity index (χ2n) is 8.03. The molecular weight excluding hydrogens is 444 g/mol. The maximum atomic E-state index is 12.1. The molecule has 0 radical (unpaired) electrons. The third-order valence-electron chi connectivity index (χ3n) is 5.44. The second kappa shape index (κ2) is 10.5. The maximum Gasteiger partial charge on any atom is 0.257 e. The largest absolute Gasteiger partial charge is 0.322 e. The molecule has 1 fully saturated rings. The Labute approximate surface area is 192 Å². The molecule has 2 aromatic heterocycles. The molecule has 33 heavy (non-hydrogen) atoms. The van der Waals surface area contributed by atoms with Crippen LogP contribution in [0.5, 0.6) is 0 Å². The highest BCUT2D eigenvalue weighted by Crippen LogP contribution is 2.26. The van der Waals surface area contributed by atoms with Crippen molar-refractivity contribution in [3.05, 3.63) is 47.8 Å². The van der Waals surface area contributed by atoms with Gasteiger partial charge in [-0.25, -0.2) is 13.6 Å². The molecule has 2 heterocycles. The number of nitrogens with zero attached hydrogens (tertiary/aromatic N) is 3. The van der Waals surface area contributed by atoms with E-state index in [4.69, 9.17) is 5.14 Å². The number of sulfonamides is 1. The standard InChI is InChI=1S/C11H18N4O3S.C11H10N2O/c1-15-11(19(12,17)18)9(7-13-15)14-10(16)8-5-3-2-4-6-8;1-8-6-11(13-12-8)10-4-2-9(7-14)3-5-10/h7-8H,2-6H2,1H3,(H,14,16)(H2,12,17,18);2-7H,1H3,(H,12,13). The molecule has 0 atom stereocenters. The van der Waals surface area contributed by atoms with Crippen molar-refractivity contribution in [2.45, 2.75) is 44.1 Å². The minimum Gasteiger partial charge on any atom is -0.322 e. The summed E-state index contributed by atoms with van der Waals surface area (Å²) in [5.74, 6) is -0.208. The lowest BCUT2D eigenvalue weighted by atomic mass is 9.89. The summed E-state index contributed by atoms with van der Waals surface area (Å²) in [5.41, 5.74) is 3.78. The van der Waals surface area contributed by atoms with Gasteiger partial charge in [-0.1, -0.05) is 43.5 Å². The molecule has 4 rings (SSSR count). The summed E-state index contributed by atoms with van der Waals surface area (Å²) in [6, 6.07) is 9.31. The molecule has 0 saturated heterocycles. The number of nitrogens with two attached hydrogens (primary N) is 1. The van der Waals surface area contributed by atoms with E-state index in [1.807, 2.05) is 25.1 Å². The monoisotopic (exact) mass is 472 g/mol. The maximum absolute atomic E-state index is 12.1. The zero-order chi connectivity index (χ0) is 24.0. The average Bonchev–Trinajstić information content (AvgIpc) is 3.40. The summed E-state index contributed by atoms with van der Waals surface area (Å²) in [4.78, 5) is 22.5. The number of carbonyl (C=O) groups excluding carboxylic acids is 2. The number of aromatic amines is 1. The van der Waals surface area contributed by atoms with Gasteiger partial charge in [0, 0.05) is 29.8 Å². The quantitative estimate of drug-likeness (QED) is 0.485. The first kappa shape index (κ1) is 24.3. The highest BCUT2D eigenvalue weighted by molar-refractivity contribution is 7.89. The third kappa shape index (κ3) is 6.36. The van der Waals surface area contributed by atoms with Gasteiger partial charge in [-0.2, -0.15) is 10.2 Å². The Morgan fingerprint density at radius 3 is 2.42 bits per heavy atom. The van der Waals surface area contributed by atoms with Crippen LogP contribution in [0.15, 0.2) is 41.6 Å². The van der Waals surface area contributed by atoms with E-state index in [2.05, 4.69) is 20.6 Å². The minimum absolute atomic E-state index is 0.0534. The molecule has 10 nitrogen and oxygen atoms in total. The SMILES string of the molecule is Cc1cc(-c2ccc(C=O)cc2)n[nH]1.Cn1ncc(NC(=O)C2CCCCC2)c1S(N)(=O)=O.